The molecule has 0 saturated carbocycles. The summed E-state index contributed by atoms with van der Waals surface area (Å²) in [5, 5.41) is 28.3. The van der Waals surface area contributed by atoms with Gasteiger partial charge < -0.3 is 34.2 Å². The van der Waals surface area contributed by atoms with Gasteiger partial charge in [-0.2, -0.15) is 0 Å². The fourth-order valence-corrected chi connectivity index (χ4v) is 1.71. The van der Waals surface area contributed by atoms with Crippen molar-refractivity contribution in [2.24, 2.45) is 0 Å². The molecule has 6 atom stereocenters. The van der Waals surface area contributed by atoms with Gasteiger partial charge in [-0.25, -0.2) is 0 Å². The number of hydrogen-bond donors (Lipinski definition) is 4. The SMILES string of the molecule is COC1OC(CO[PH](=O)O)C(O)C(O)C1O.[W].[Y]. The molecule has 105 valence electrons. The van der Waals surface area contributed by atoms with Gasteiger partial charge in [-0.15, -0.1) is 0 Å². The van der Waals surface area contributed by atoms with Gasteiger partial charge in [0.2, 0.25) is 0 Å². The molecule has 0 aromatic carbocycles. The van der Waals surface area contributed by atoms with Crippen LogP contribution >= 0.6 is 8.25 Å². The van der Waals surface area contributed by atoms with E-state index in [4.69, 9.17) is 14.4 Å². The molecule has 1 aliphatic heterocycles. The molecule has 1 rings (SSSR count). The molecule has 18 heavy (non-hydrogen) atoms. The van der Waals surface area contributed by atoms with Crippen molar-refractivity contribution in [1.29, 1.82) is 0 Å². The van der Waals surface area contributed by atoms with E-state index in [1.807, 2.05) is 0 Å². The molecule has 11 heteroatoms. The van der Waals surface area contributed by atoms with Crippen LogP contribution in [0.15, 0.2) is 0 Å². The molecule has 0 aromatic heterocycles. The Balaban J connectivity index is 0. The number of ether oxygens (including phenoxy) is 2. The first-order valence-electron chi connectivity index (χ1n) is 4.55. The molecule has 1 heterocycles. The zero-order valence-corrected chi connectivity index (χ0v) is 16.3. The van der Waals surface area contributed by atoms with Crippen molar-refractivity contribution in [2.45, 2.75) is 30.7 Å². The van der Waals surface area contributed by atoms with Crippen molar-refractivity contribution in [2.75, 3.05) is 13.7 Å². The van der Waals surface area contributed by atoms with Gasteiger partial charge in [-0.3, -0.25) is 4.57 Å². The average molecular weight is 531 g/mol. The third-order valence-corrected chi connectivity index (χ3v) is 2.69. The summed E-state index contributed by atoms with van der Waals surface area (Å²) >= 11 is 0. The molecule has 8 nitrogen and oxygen atoms in total. The van der Waals surface area contributed by atoms with Crippen LogP contribution in [-0.4, -0.2) is 64.6 Å². The maximum Gasteiger partial charge on any atom is 0.316 e. The Bertz CT molecular complexity index is 258. The van der Waals surface area contributed by atoms with E-state index in [1.54, 1.807) is 0 Å². The molecular formula is C7H15O8PWY. The van der Waals surface area contributed by atoms with Gasteiger partial charge in [0.05, 0.1) is 6.61 Å². The Labute approximate surface area is 144 Å². The molecule has 0 aromatic rings. The first kappa shape index (κ1) is 22.0. The smallest absolute Gasteiger partial charge is 0.316 e. The quantitative estimate of drug-likeness (QED) is 0.303. The van der Waals surface area contributed by atoms with Gasteiger partial charge in [0.1, 0.15) is 24.4 Å². The van der Waals surface area contributed by atoms with Gasteiger partial charge in [0.15, 0.2) is 6.29 Å². The summed E-state index contributed by atoms with van der Waals surface area (Å²) in [6.07, 6.45) is -6.42. The van der Waals surface area contributed by atoms with E-state index < -0.39 is 39.0 Å². The van der Waals surface area contributed by atoms with E-state index in [0.29, 0.717) is 0 Å². The summed E-state index contributed by atoms with van der Waals surface area (Å²) in [6.45, 7) is -0.376. The fraction of sp³-hybridized carbons (Fsp3) is 1.00. The Morgan fingerprint density at radius 2 is 1.78 bits per heavy atom. The zero-order chi connectivity index (χ0) is 12.3. The van der Waals surface area contributed by atoms with Crippen LogP contribution in [0.2, 0.25) is 0 Å². The van der Waals surface area contributed by atoms with Crippen LogP contribution in [0.4, 0.5) is 0 Å². The number of hydrogen-bond acceptors (Lipinski definition) is 7. The van der Waals surface area contributed by atoms with E-state index in [0.717, 1.165) is 0 Å². The standard InChI is InChI=1S/C7H15O8P.W.Y/c1-13-7-6(10)5(9)4(8)3(15-7)2-14-16(11)12;;/h3-10,16H,2H2,1H3,(H,11,12);;. The first-order valence-corrected chi connectivity index (χ1v) is 5.82. The predicted molar refractivity (Wildman–Crippen MR) is 50.9 cm³/mol. The average Bonchev–Trinajstić information content (AvgIpc) is 2.25. The maximum absolute atomic E-state index is 10.3. The molecule has 0 aliphatic carbocycles. The molecule has 6 unspecified atom stereocenters. The number of rotatable bonds is 4. The van der Waals surface area contributed by atoms with Crippen molar-refractivity contribution in [3.8, 4) is 0 Å². The minimum atomic E-state index is -3.14. The zero-order valence-electron chi connectivity index (χ0n) is 9.50. The van der Waals surface area contributed by atoms with Gasteiger partial charge in [-0.1, -0.05) is 0 Å². The van der Waals surface area contributed by atoms with E-state index in [2.05, 4.69) is 4.52 Å². The number of methoxy groups -OCH3 is 1. The van der Waals surface area contributed by atoms with E-state index in [1.165, 1.54) is 7.11 Å². The second-order valence-corrected chi connectivity index (χ2v) is 4.15. The molecule has 0 amide bonds. The molecule has 4 N–H and O–H groups in total. The Morgan fingerprint density at radius 1 is 1.22 bits per heavy atom. The fourth-order valence-electron chi connectivity index (χ4n) is 1.40. The van der Waals surface area contributed by atoms with Gasteiger partial charge in [0.25, 0.3) is 0 Å². The van der Waals surface area contributed by atoms with E-state index in [9.17, 15) is 19.9 Å². The Hall–Kier alpha value is 1.74. The summed E-state index contributed by atoms with van der Waals surface area (Å²) in [5.74, 6) is 0. The van der Waals surface area contributed by atoms with Crippen molar-refractivity contribution < 1.29 is 92.5 Å². The minimum absolute atomic E-state index is 0. The van der Waals surface area contributed by atoms with Crippen molar-refractivity contribution >= 4 is 8.25 Å². The van der Waals surface area contributed by atoms with E-state index in [-0.39, 0.29) is 60.4 Å². The molecule has 1 radical (unpaired) electrons. The summed E-state index contributed by atoms with van der Waals surface area (Å²) in [4.78, 5) is 8.45. The van der Waals surface area contributed by atoms with Gasteiger partial charge in [-0.05, 0) is 0 Å². The van der Waals surface area contributed by atoms with Crippen LogP contribution in [0, 0.1) is 0 Å². The van der Waals surface area contributed by atoms with Crippen LogP contribution in [-0.2, 0) is 72.3 Å². The normalized spacial score (nSPS) is 37.3. The van der Waals surface area contributed by atoms with Crippen LogP contribution in [0.3, 0.4) is 0 Å². The Morgan fingerprint density at radius 3 is 2.22 bits per heavy atom. The second kappa shape index (κ2) is 10.5. The summed E-state index contributed by atoms with van der Waals surface area (Å²) < 4.78 is 24.5. The predicted octanol–water partition coefficient (Wildman–Crippen LogP) is -2.17. The minimum Gasteiger partial charge on any atom is -0.387 e. The Kier molecular flexibility index (Phi) is 12.8. The molecule has 1 saturated heterocycles. The molecular weight excluding hydrogens is 516 g/mol. The molecule has 0 bridgehead atoms. The van der Waals surface area contributed by atoms with Crippen LogP contribution in [0.25, 0.3) is 0 Å². The third-order valence-electron chi connectivity index (χ3n) is 2.27. The van der Waals surface area contributed by atoms with Crippen LogP contribution < -0.4 is 0 Å². The number of aliphatic hydroxyl groups excluding tert-OH is 3. The molecule has 1 fully saturated rings. The van der Waals surface area contributed by atoms with Crippen LogP contribution in [0.1, 0.15) is 0 Å². The van der Waals surface area contributed by atoms with Crippen molar-refractivity contribution in [3.63, 3.8) is 0 Å². The summed E-state index contributed by atoms with van der Waals surface area (Å²) in [7, 11) is -1.88. The molecule has 0 spiro atoms. The topological polar surface area (TPSA) is 126 Å². The van der Waals surface area contributed by atoms with Crippen molar-refractivity contribution in [1.82, 2.24) is 0 Å². The van der Waals surface area contributed by atoms with Crippen LogP contribution in [0.5, 0.6) is 0 Å². The van der Waals surface area contributed by atoms with Crippen molar-refractivity contribution in [3.05, 3.63) is 0 Å². The van der Waals surface area contributed by atoms with Gasteiger partial charge in [0, 0.05) is 60.9 Å². The largest absolute Gasteiger partial charge is 0.387 e. The number of aliphatic hydroxyl groups is 3. The molecule has 1 aliphatic rings. The van der Waals surface area contributed by atoms with Gasteiger partial charge >= 0.3 is 8.25 Å². The van der Waals surface area contributed by atoms with E-state index >= 15 is 0 Å². The second-order valence-electron chi connectivity index (χ2n) is 3.33. The third kappa shape index (κ3) is 6.02. The summed E-state index contributed by atoms with van der Waals surface area (Å²) in [6, 6.07) is 0. The maximum atomic E-state index is 10.3. The first-order chi connectivity index (χ1) is 7.47. The monoisotopic (exact) mass is 531 g/mol. The summed E-state index contributed by atoms with van der Waals surface area (Å²) in [5.41, 5.74) is 0.